The summed E-state index contributed by atoms with van der Waals surface area (Å²) in [6.07, 6.45) is 0.930. The van der Waals surface area contributed by atoms with Gasteiger partial charge in [-0.25, -0.2) is 22.8 Å². The first-order chi connectivity index (χ1) is 19.9. The Kier molecular flexibility index (Phi) is 17.8. The van der Waals surface area contributed by atoms with E-state index in [4.69, 9.17) is 9.47 Å². The van der Waals surface area contributed by atoms with Gasteiger partial charge in [0.2, 0.25) is 0 Å². The molecule has 16 heteroatoms. The number of carbonyl (C=O) groups is 3. The Morgan fingerprint density at radius 2 is 1.39 bits per heavy atom. The first-order valence-corrected chi connectivity index (χ1v) is 15.6. The van der Waals surface area contributed by atoms with Crippen LogP contribution in [-0.2, 0) is 29.1 Å². The summed E-state index contributed by atoms with van der Waals surface area (Å²) in [5, 5.41) is 15.3. The Labute approximate surface area is 277 Å². The van der Waals surface area contributed by atoms with Gasteiger partial charge >= 0.3 is 23.8 Å². The molecule has 0 aliphatic heterocycles. The summed E-state index contributed by atoms with van der Waals surface area (Å²) in [7, 11) is -3.40. The standard InChI is InChI=1S/C28H46N4O10S.HI/c1-27(2,3)41-25(35)29-18-12-8-9-13-20-31(43(38,39)23-17-11-10-15-21(23)32(37)40-7)22(24(33)34)16-14-19-30-26(36)42-28(4,5)6;/h10-11,15,17,22H,8-9,12-14,16,18-20H2,1-7H3,(H2-,29,30,33,34,35,36);1H/t22-;/m0./s1. The third-order valence-corrected chi connectivity index (χ3v) is 7.70. The molecule has 0 saturated carbocycles. The summed E-state index contributed by atoms with van der Waals surface area (Å²) >= 11 is 0. The van der Waals surface area contributed by atoms with Crippen LogP contribution in [0.3, 0.4) is 0 Å². The van der Waals surface area contributed by atoms with Crippen molar-refractivity contribution in [1.82, 2.24) is 14.9 Å². The molecule has 1 aromatic carbocycles. The molecule has 0 spiro atoms. The van der Waals surface area contributed by atoms with E-state index in [1.165, 1.54) is 24.3 Å². The van der Waals surface area contributed by atoms with Gasteiger partial charge in [0.15, 0.2) is 12.0 Å². The van der Waals surface area contributed by atoms with E-state index < -0.39 is 50.3 Å². The van der Waals surface area contributed by atoms with E-state index in [2.05, 4.69) is 15.5 Å². The third-order valence-electron chi connectivity index (χ3n) is 5.74. The van der Waals surface area contributed by atoms with Crippen LogP contribution >= 0.6 is 0 Å². The van der Waals surface area contributed by atoms with Crippen molar-refractivity contribution in [1.29, 1.82) is 0 Å². The molecule has 2 amide bonds. The molecule has 252 valence electrons. The van der Waals surface area contributed by atoms with Crippen LogP contribution in [0.5, 0.6) is 0 Å². The molecule has 0 aromatic heterocycles. The van der Waals surface area contributed by atoms with Crippen LogP contribution in [0.1, 0.15) is 80.1 Å². The molecule has 0 unspecified atom stereocenters. The maximum atomic E-state index is 13.9. The number of carbonyl (C=O) groups excluding carboxylic acids is 2. The number of rotatable bonds is 17. The summed E-state index contributed by atoms with van der Waals surface area (Å²) in [5.41, 5.74) is -1.62. The highest BCUT2D eigenvalue weighted by Gasteiger charge is 2.40. The zero-order valence-corrected chi connectivity index (χ0v) is 29.5. The van der Waals surface area contributed by atoms with E-state index in [1.807, 2.05) is 0 Å². The Balaban J connectivity index is 0.0000185. The second kappa shape index (κ2) is 18.9. The summed E-state index contributed by atoms with van der Waals surface area (Å²) in [6, 6.07) is 3.89. The topological polar surface area (TPSA) is 181 Å². The fourth-order valence-corrected chi connectivity index (χ4v) is 5.75. The molecule has 0 saturated heterocycles. The number of carboxylic acids is 1. The zero-order chi connectivity index (χ0) is 32.8. The molecule has 44 heavy (non-hydrogen) atoms. The van der Waals surface area contributed by atoms with E-state index in [-0.39, 0.29) is 60.5 Å². The number of hydrogen-bond donors (Lipinski definition) is 3. The van der Waals surface area contributed by atoms with Crippen LogP contribution in [-0.4, -0.2) is 84.9 Å². The van der Waals surface area contributed by atoms with Crippen LogP contribution in [0.4, 0.5) is 15.3 Å². The van der Waals surface area contributed by atoms with Gasteiger partial charge in [0, 0.05) is 25.7 Å². The van der Waals surface area contributed by atoms with Gasteiger partial charge in [0.25, 0.3) is 14.9 Å². The number of aliphatic carboxylic acids is 1. The first-order valence-electron chi connectivity index (χ1n) is 14.2. The van der Waals surface area contributed by atoms with Crippen LogP contribution in [0.15, 0.2) is 29.2 Å². The second-order valence-electron chi connectivity index (χ2n) is 11.8. The van der Waals surface area contributed by atoms with Crippen LogP contribution in [0.25, 0.3) is 0 Å². The van der Waals surface area contributed by atoms with Crippen molar-refractivity contribution in [2.24, 2.45) is 0 Å². The summed E-state index contributed by atoms with van der Waals surface area (Å²) in [5.74, 6) is -1.37. The number of alkyl carbamates (subject to hydrolysis) is 2. The van der Waals surface area contributed by atoms with Crippen molar-refractivity contribution in [2.45, 2.75) is 102 Å². The SMILES string of the molecule is CO[N+](=O)c1ccccc1S(=O)(=O)N(CCCCCCNC(=O)OC(C)(C)C)[C@@H](CCCNC(=O)OC(C)(C)C)C(=O)O.[I-]. The molecular weight excluding hydrogens is 711 g/mol. The predicted molar refractivity (Wildman–Crippen MR) is 158 cm³/mol. The lowest BCUT2D eigenvalue weighted by atomic mass is 10.1. The Morgan fingerprint density at radius 1 is 0.886 bits per heavy atom. The summed E-state index contributed by atoms with van der Waals surface area (Å²) in [4.78, 5) is 52.7. The zero-order valence-electron chi connectivity index (χ0n) is 26.6. The quantitative estimate of drug-likeness (QED) is 0.120. The third kappa shape index (κ3) is 15.3. The second-order valence-corrected chi connectivity index (χ2v) is 13.6. The van der Waals surface area contributed by atoms with Crippen molar-refractivity contribution in [2.75, 3.05) is 26.7 Å². The number of halogens is 1. The lowest BCUT2D eigenvalue weighted by molar-refractivity contribution is -0.738. The van der Waals surface area contributed by atoms with Gasteiger partial charge < -0.3 is 49.2 Å². The van der Waals surface area contributed by atoms with Gasteiger partial charge in [0.05, 0.1) is 4.91 Å². The number of unbranched alkanes of at least 4 members (excludes halogenated alkanes) is 3. The first kappa shape index (κ1) is 41.3. The molecule has 14 nitrogen and oxygen atoms in total. The van der Waals surface area contributed by atoms with E-state index >= 15 is 0 Å². The number of sulfonamides is 1. The Morgan fingerprint density at radius 3 is 1.89 bits per heavy atom. The van der Waals surface area contributed by atoms with Crippen molar-refractivity contribution in [3.63, 3.8) is 0 Å². The van der Waals surface area contributed by atoms with Crippen LogP contribution in [0.2, 0.25) is 0 Å². The number of ether oxygens (including phenoxy) is 2. The van der Waals surface area contributed by atoms with Gasteiger partial charge in [0.1, 0.15) is 17.2 Å². The van der Waals surface area contributed by atoms with Crippen molar-refractivity contribution < 1.29 is 71.1 Å². The van der Waals surface area contributed by atoms with Crippen molar-refractivity contribution >= 4 is 33.9 Å². The molecule has 0 fully saturated rings. The van der Waals surface area contributed by atoms with E-state index in [9.17, 15) is 32.8 Å². The summed E-state index contributed by atoms with van der Waals surface area (Å²) < 4.78 is 39.0. The minimum Gasteiger partial charge on any atom is -1.00 e. The molecule has 1 rings (SSSR count). The lowest BCUT2D eigenvalue weighted by Gasteiger charge is -2.28. The molecule has 0 bridgehead atoms. The largest absolute Gasteiger partial charge is 1.00 e. The molecule has 0 heterocycles. The minimum absolute atomic E-state index is 0. The smallest absolute Gasteiger partial charge is 0.407 e. The molecule has 0 radical (unpaired) electrons. The van der Waals surface area contributed by atoms with Crippen LogP contribution in [0, 0.1) is 4.91 Å². The minimum atomic E-state index is -4.49. The number of carboxylic acid groups (broad SMARTS) is 1. The van der Waals surface area contributed by atoms with Crippen molar-refractivity contribution in [3.05, 3.63) is 29.2 Å². The highest BCUT2D eigenvalue weighted by Crippen LogP contribution is 2.29. The van der Waals surface area contributed by atoms with Gasteiger partial charge in [-0.3, -0.25) is 4.79 Å². The highest BCUT2D eigenvalue weighted by molar-refractivity contribution is 7.89. The molecule has 3 N–H and O–H groups in total. The number of benzene rings is 1. The molecule has 1 aromatic rings. The number of nitrogens with one attached hydrogen (secondary N) is 2. The monoisotopic (exact) mass is 758 g/mol. The molecule has 0 aliphatic rings. The molecular formula is C28H47IN4O10S. The summed E-state index contributed by atoms with van der Waals surface area (Å²) in [6.45, 7) is 10.7. The van der Waals surface area contributed by atoms with E-state index in [0.29, 0.717) is 32.2 Å². The lowest BCUT2D eigenvalue weighted by Crippen LogP contribution is -3.00. The number of amides is 2. The van der Waals surface area contributed by atoms with E-state index in [1.54, 1.807) is 41.5 Å². The van der Waals surface area contributed by atoms with Gasteiger partial charge in [-0.15, -0.1) is 0 Å². The van der Waals surface area contributed by atoms with Gasteiger partial charge in [-0.2, -0.15) is 4.31 Å². The maximum absolute atomic E-state index is 13.9. The molecule has 1 atom stereocenters. The number of para-hydroxylation sites is 1. The predicted octanol–water partition coefficient (Wildman–Crippen LogP) is 1.50. The van der Waals surface area contributed by atoms with Crippen molar-refractivity contribution in [3.8, 4) is 0 Å². The van der Waals surface area contributed by atoms with E-state index in [0.717, 1.165) is 11.4 Å². The van der Waals surface area contributed by atoms with Gasteiger partial charge in [-0.1, -0.05) is 25.0 Å². The highest BCUT2D eigenvalue weighted by atomic mass is 127. The fourth-order valence-electron chi connectivity index (χ4n) is 3.94. The van der Waals surface area contributed by atoms with Crippen LogP contribution < -0.4 is 34.6 Å². The van der Waals surface area contributed by atoms with Gasteiger partial charge in [-0.05, 0) is 73.3 Å². The maximum Gasteiger partial charge on any atom is 0.407 e. The Bertz CT molecular complexity index is 1200. The number of hydrogen-bond acceptors (Lipinski definition) is 9. The number of nitrogens with zero attached hydrogens (tertiary/aromatic N) is 2. The Hall–Kier alpha value is -2.73. The fraction of sp³-hybridized carbons (Fsp3) is 0.679. The molecule has 0 aliphatic carbocycles. The average molecular weight is 759 g/mol. The average Bonchev–Trinajstić information content (AvgIpc) is 2.88. The normalized spacial score (nSPS) is 12.5.